The Balaban J connectivity index is 1.47. The van der Waals surface area contributed by atoms with Gasteiger partial charge in [-0.05, 0) is 55.6 Å². The molecule has 4 rings (SSSR count). The van der Waals surface area contributed by atoms with Gasteiger partial charge in [-0.3, -0.25) is 14.4 Å². The zero-order chi connectivity index (χ0) is 19.0. The number of benzene rings is 1. The van der Waals surface area contributed by atoms with Crippen molar-refractivity contribution in [1.82, 2.24) is 9.88 Å². The number of hydrogen-bond donors (Lipinski definition) is 2. The van der Waals surface area contributed by atoms with Crippen LogP contribution in [0.15, 0.2) is 35.1 Å². The highest BCUT2D eigenvalue weighted by atomic mass is 16.2. The van der Waals surface area contributed by atoms with Crippen LogP contribution in [0.2, 0.25) is 0 Å². The van der Waals surface area contributed by atoms with Gasteiger partial charge in [0.25, 0.3) is 5.91 Å². The Hall–Kier alpha value is -2.63. The summed E-state index contributed by atoms with van der Waals surface area (Å²) in [5.74, 6) is 1.10. The van der Waals surface area contributed by atoms with Gasteiger partial charge in [0, 0.05) is 36.5 Å². The van der Waals surface area contributed by atoms with Crippen LogP contribution in [0.5, 0.6) is 0 Å². The number of nitrogens with one attached hydrogen (secondary N) is 1. The number of fused-ring (bicyclic) bond motifs is 2. The lowest BCUT2D eigenvalue weighted by molar-refractivity contribution is -0.119. The molecule has 3 N–H and O–H groups in total. The Kier molecular flexibility index (Phi) is 4.72. The number of nitrogens with zero attached hydrogens (tertiary/aromatic N) is 1. The van der Waals surface area contributed by atoms with Crippen LogP contribution in [0.3, 0.4) is 0 Å². The number of aromatic amines is 1. The normalized spacial score (nSPS) is 25.2. The SMILES string of the molecule is NC(=O)CC1CCC2CN(C(=O)c3cc(=O)c4ccccc4[nH]3)CCC2C1. The van der Waals surface area contributed by atoms with Crippen LogP contribution < -0.4 is 11.2 Å². The molecule has 0 radical (unpaired) electrons. The second-order valence-corrected chi connectivity index (χ2v) is 8.00. The maximum atomic E-state index is 13.0. The first-order valence-corrected chi connectivity index (χ1v) is 9.71. The molecule has 1 aliphatic carbocycles. The van der Waals surface area contributed by atoms with E-state index in [0.29, 0.717) is 47.3 Å². The van der Waals surface area contributed by atoms with Gasteiger partial charge in [-0.2, -0.15) is 0 Å². The third-order valence-corrected chi connectivity index (χ3v) is 6.22. The number of piperidine rings is 1. The van der Waals surface area contributed by atoms with Gasteiger partial charge in [-0.1, -0.05) is 12.1 Å². The van der Waals surface area contributed by atoms with E-state index in [1.807, 2.05) is 23.1 Å². The number of amides is 2. The Morgan fingerprint density at radius 3 is 2.78 bits per heavy atom. The molecule has 1 aliphatic heterocycles. The van der Waals surface area contributed by atoms with Gasteiger partial charge in [-0.15, -0.1) is 0 Å². The van der Waals surface area contributed by atoms with Crippen molar-refractivity contribution in [3.8, 4) is 0 Å². The molecule has 142 valence electrons. The standard InChI is InChI=1S/C21H25N3O3/c22-20(26)10-13-5-6-15-12-24(8-7-14(15)9-13)21(27)18-11-19(25)16-3-1-2-4-17(16)23-18/h1-4,11,13-15H,5-10,12H2,(H2,22,26)(H,23,25). The minimum absolute atomic E-state index is 0.101. The number of carbonyl (C=O) groups excluding carboxylic acids is 2. The fourth-order valence-electron chi connectivity index (χ4n) is 4.85. The van der Waals surface area contributed by atoms with Gasteiger partial charge >= 0.3 is 0 Å². The fourth-order valence-corrected chi connectivity index (χ4v) is 4.85. The molecule has 1 saturated heterocycles. The molecule has 6 heteroatoms. The Morgan fingerprint density at radius 2 is 1.96 bits per heavy atom. The quantitative estimate of drug-likeness (QED) is 0.871. The lowest BCUT2D eigenvalue weighted by Crippen LogP contribution is -2.46. The largest absolute Gasteiger partial charge is 0.370 e. The summed E-state index contributed by atoms with van der Waals surface area (Å²) in [6.07, 6.45) is 4.48. The number of para-hydroxylation sites is 1. The van der Waals surface area contributed by atoms with Crippen molar-refractivity contribution < 1.29 is 9.59 Å². The summed E-state index contributed by atoms with van der Waals surface area (Å²) in [4.78, 5) is 41.5. The molecule has 2 aliphatic rings. The summed E-state index contributed by atoms with van der Waals surface area (Å²) in [7, 11) is 0. The van der Waals surface area contributed by atoms with E-state index in [9.17, 15) is 14.4 Å². The number of hydrogen-bond acceptors (Lipinski definition) is 3. The third kappa shape index (κ3) is 3.61. The maximum absolute atomic E-state index is 13.0. The molecule has 3 atom stereocenters. The fraction of sp³-hybridized carbons (Fsp3) is 0.476. The molecule has 2 amide bonds. The summed E-state index contributed by atoms with van der Waals surface area (Å²) in [5, 5.41) is 0.598. The molecule has 2 fully saturated rings. The van der Waals surface area contributed by atoms with E-state index in [-0.39, 0.29) is 17.2 Å². The van der Waals surface area contributed by atoms with E-state index in [2.05, 4.69) is 4.98 Å². The highest BCUT2D eigenvalue weighted by Crippen LogP contribution is 2.40. The van der Waals surface area contributed by atoms with Crippen LogP contribution in [-0.2, 0) is 4.79 Å². The molecule has 1 saturated carbocycles. The number of likely N-dealkylation sites (tertiary alicyclic amines) is 1. The highest BCUT2D eigenvalue weighted by Gasteiger charge is 2.36. The van der Waals surface area contributed by atoms with E-state index in [4.69, 9.17) is 5.73 Å². The van der Waals surface area contributed by atoms with Crippen molar-refractivity contribution in [2.75, 3.05) is 13.1 Å². The summed E-state index contributed by atoms with van der Waals surface area (Å²) in [6.45, 7) is 1.42. The van der Waals surface area contributed by atoms with Crippen LogP contribution in [0.1, 0.15) is 42.6 Å². The number of aromatic nitrogens is 1. The molecule has 27 heavy (non-hydrogen) atoms. The van der Waals surface area contributed by atoms with Crippen molar-refractivity contribution in [3.05, 3.63) is 46.2 Å². The third-order valence-electron chi connectivity index (χ3n) is 6.22. The molecule has 1 aromatic carbocycles. The number of pyridine rings is 1. The Morgan fingerprint density at radius 1 is 1.15 bits per heavy atom. The summed E-state index contributed by atoms with van der Waals surface area (Å²) < 4.78 is 0. The van der Waals surface area contributed by atoms with E-state index in [1.54, 1.807) is 6.07 Å². The first-order valence-electron chi connectivity index (χ1n) is 9.71. The van der Waals surface area contributed by atoms with Gasteiger partial charge in [0.15, 0.2) is 5.43 Å². The molecular formula is C21H25N3O3. The zero-order valence-electron chi connectivity index (χ0n) is 15.3. The summed E-state index contributed by atoms with van der Waals surface area (Å²) in [5.41, 5.74) is 6.27. The Labute approximate surface area is 157 Å². The maximum Gasteiger partial charge on any atom is 0.270 e. The number of nitrogens with two attached hydrogens (primary N) is 1. The molecular weight excluding hydrogens is 342 g/mol. The predicted molar refractivity (Wildman–Crippen MR) is 103 cm³/mol. The Bertz CT molecular complexity index is 936. The smallest absolute Gasteiger partial charge is 0.270 e. The zero-order valence-corrected chi connectivity index (χ0v) is 15.3. The van der Waals surface area contributed by atoms with Gasteiger partial charge < -0.3 is 15.6 Å². The molecule has 6 nitrogen and oxygen atoms in total. The van der Waals surface area contributed by atoms with E-state index >= 15 is 0 Å². The van der Waals surface area contributed by atoms with Crippen molar-refractivity contribution in [2.45, 2.75) is 32.1 Å². The molecule has 2 aromatic rings. The van der Waals surface area contributed by atoms with Crippen LogP contribution >= 0.6 is 0 Å². The van der Waals surface area contributed by atoms with Gasteiger partial charge in [0.1, 0.15) is 5.69 Å². The number of carbonyl (C=O) groups is 2. The van der Waals surface area contributed by atoms with E-state index in [0.717, 1.165) is 32.2 Å². The minimum atomic E-state index is -0.216. The van der Waals surface area contributed by atoms with Crippen LogP contribution in [-0.4, -0.2) is 34.8 Å². The average molecular weight is 367 g/mol. The van der Waals surface area contributed by atoms with E-state index in [1.165, 1.54) is 6.07 Å². The first-order chi connectivity index (χ1) is 13.0. The van der Waals surface area contributed by atoms with Crippen molar-refractivity contribution in [3.63, 3.8) is 0 Å². The topological polar surface area (TPSA) is 96.3 Å². The number of rotatable bonds is 3. The van der Waals surface area contributed by atoms with Crippen molar-refractivity contribution in [2.24, 2.45) is 23.5 Å². The molecule has 0 bridgehead atoms. The lowest BCUT2D eigenvalue weighted by atomic mass is 9.70. The van der Waals surface area contributed by atoms with E-state index < -0.39 is 0 Å². The predicted octanol–water partition coefficient (Wildman–Crippen LogP) is 2.28. The average Bonchev–Trinajstić information content (AvgIpc) is 2.66. The molecule has 1 aromatic heterocycles. The second-order valence-electron chi connectivity index (χ2n) is 8.00. The number of H-pyrrole nitrogens is 1. The summed E-state index contributed by atoms with van der Waals surface area (Å²) >= 11 is 0. The monoisotopic (exact) mass is 367 g/mol. The molecule has 3 unspecified atom stereocenters. The second kappa shape index (κ2) is 7.18. The first kappa shape index (κ1) is 17.8. The number of primary amides is 1. The summed E-state index contributed by atoms with van der Waals surface area (Å²) in [6, 6.07) is 8.67. The molecule has 0 spiro atoms. The van der Waals surface area contributed by atoms with Crippen molar-refractivity contribution >= 4 is 22.7 Å². The van der Waals surface area contributed by atoms with Crippen molar-refractivity contribution in [1.29, 1.82) is 0 Å². The van der Waals surface area contributed by atoms with Crippen LogP contribution in [0.4, 0.5) is 0 Å². The minimum Gasteiger partial charge on any atom is -0.370 e. The van der Waals surface area contributed by atoms with Crippen LogP contribution in [0, 0.1) is 17.8 Å². The lowest BCUT2D eigenvalue weighted by Gasteiger charge is -2.43. The van der Waals surface area contributed by atoms with Gasteiger partial charge in [-0.25, -0.2) is 0 Å². The van der Waals surface area contributed by atoms with Crippen LogP contribution in [0.25, 0.3) is 10.9 Å². The van der Waals surface area contributed by atoms with Gasteiger partial charge in [0.2, 0.25) is 5.91 Å². The molecule has 2 heterocycles. The van der Waals surface area contributed by atoms with Gasteiger partial charge in [0.05, 0.1) is 0 Å². The highest BCUT2D eigenvalue weighted by molar-refractivity contribution is 5.94.